The number of rotatable bonds is 13. The molecule has 0 aliphatic carbocycles. The third-order valence-electron chi connectivity index (χ3n) is 9.34. The van der Waals surface area contributed by atoms with Crippen LogP contribution in [0.3, 0.4) is 0 Å². The summed E-state index contributed by atoms with van der Waals surface area (Å²) in [6, 6.07) is 36.0. The maximum Gasteiger partial charge on any atom is 0.321 e. The summed E-state index contributed by atoms with van der Waals surface area (Å²) in [7, 11) is 0. The van der Waals surface area contributed by atoms with Crippen molar-refractivity contribution in [3.8, 4) is 6.07 Å². The van der Waals surface area contributed by atoms with Gasteiger partial charge in [0.1, 0.15) is 24.1 Å². The Balaban J connectivity index is 1.34. The topological polar surface area (TPSA) is 75.0 Å². The van der Waals surface area contributed by atoms with Gasteiger partial charge in [-0.2, -0.15) is 5.26 Å². The predicted molar refractivity (Wildman–Crippen MR) is 186 cm³/mol. The van der Waals surface area contributed by atoms with Crippen molar-refractivity contribution in [1.82, 2.24) is 9.80 Å². The van der Waals surface area contributed by atoms with Crippen molar-refractivity contribution in [3.05, 3.63) is 143 Å². The summed E-state index contributed by atoms with van der Waals surface area (Å²) < 4.78 is 33.9. The molecule has 49 heavy (non-hydrogen) atoms. The van der Waals surface area contributed by atoms with Crippen molar-refractivity contribution in [2.24, 2.45) is 0 Å². The Labute approximate surface area is 288 Å². The first-order valence-corrected chi connectivity index (χ1v) is 17.1. The van der Waals surface area contributed by atoms with Crippen molar-refractivity contribution < 1.29 is 23.4 Å². The molecule has 8 heteroatoms. The normalized spacial score (nSPS) is 21.6. The molecule has 254 valence electrons. The van der Waals surface area contributed by atoms with Crippen LogP contribution >= 0.6 is 0 Å². The molecule has 2 saturated heterocycles. The lowest BCUT2D eigenvalue weighted by atomic mass is 9.91. The van der Waals surface area contributed by atoms with Crippen molar-refractivity contribution in [2.75, 3.05) is 13.2 Å². The van der Waals surface area contributed by atoms with E-state index in [1.165, 1.54) is 12.1 Å². The van der Waals surface area contributed by atoms with Crippen molar-refractivity contribution in [3.63, 3.8) is 0 Å². The third-order valence-corrected chi connectivity index (χ3v) is 9.34. The highest BCUT2D eigenvalue weighted by molar-refractivity contribution is 5.76. The van der Waals surface area contributed by atoms with E-state index in [0.29, 0.717) is 38.2 Å². The van der Waals surface area contributed by atoms with Crippen molar-refractivity contribution >= 4 is 6.03 Å². The molecule has 0 N–H and O–H groups in total. The second-order valence-corrected chi connectivity index (χ2v) is 13.4. The molecule has 4 aromatic carbocycles. The zero-order chi connectivity index (χ0) is 34.2. The molecular weight excluding hydrogens is 617 g/mol. The van der Waals surface area contributed by atoms with Crippen LogP contribution in [0.5, 0.6) is 0 Å². The molecule has 2 aliphatic rings. The fraction of sp³-hybridized carbons (Fsp3) is 0.366. The summed E-state index contributed by atoms with van der Waals surface area (Å²) in [5.41, 5.74) is 3.93. The first-order chi connectivity index (χ1) is 23.8. The predicted octanol–water partition coefficient (Wildman–Crippen LogP) is 7.67. The minimum Gasteiger partial charge on any atom is -0.377 e. The molecule has 2 heterocycles. The summed E-state index contributed by atoms with van der Waals surface area (Å²) in [5, 5.41) is 9.59. The van der Waals surface area contributed by atoms with Crippen molar-refractivity contribution in [1.29, 1.82) is 5.26 Å². The number of fused-ring (bicyclic) bond motifs is 1. The van der Waals surface area contributed by atoms with E-state index in [4.69, 9.17) is 14.2 Å². The van der Waals surface area contributed by atoms with Crippen LogP contribution < -0.4 is 0 Å². The average molecular weight is 662 g/mol. The summed E-state index contributed by atoms with van der Waals surface area (Å²) in [6.07, 6.45) is 1.80. The van der Waals surface area contributed by atoms with Gasteiger partial charge in [0.15, 0.2) is 5.79 Å². The Kier molecular flexibility index (Phi) is 11.0. The van der Waals surface area contributed by atoms with E-state index >= 15 is 4.79 Å². The van der Waals surface area contributed by atoms with Gasteiger partial charge in [0, 0.05) is 19.7 Å². The average Bonchev–Trinajstić information content (AvgIpc) is 3.42. The molecule has 6 rings (SSSR count). The molecule has 0 aromatic heterocycles. The molecule has 0 bridgehead atoms. The Morgan fingerprint density at radius 1 is 0.755 bits per heavy atom. The number of nitrogens with zero attached hydrogens (tertiary/aromatic N) is 3. The molecule has 2 amide bonds. The molecule has 2 fully saturated rings. The Morgan fingerprint density at radius 2 is 1.31 bits per heavy atom. The lowest BCUT2D eigenvalue weighted by Gasteiger charge is -2.37. The molecule has 7 nitrogen and oxygen atoms in total. The number of carbonyl (C=O) groups is 1. The van der Waals surface area contributed by atoms with E-state index in [2.05, 4.69) is 24.3 Å². The number of hydrogen-bond acceptors (Lipinski definition) is 5. The highest BCUT2D eigenvalue weighted by Gasteiger charge is 2.55. The van der Waals surface area contributed by atoms with Crippen LogP contribution in [0.25, 0.3) is 0 Å². The summed E-state index contributed by atoms with van der Waals surface area (Å²) in [6.45, 7) is 5.67. The molecule has 0 radical (unpaired) electrons. The Morgan fingerprint density at radius 3 is 1.88 bits per heavy atom. The van der Waals surface area contributed by atoms with Gasteiger partial charge < -0.3 is 24.0 Å². The van der Waals surface area contributed by atoms with E-state index in [-0.39, 0.29) is 24.2 Å². The van der Waals surface area contributed by atoms with Crippen LogP contribution in [-0.4, -0.2) is 59.1 Å². The van der Waals surface area contributed by atoms with Crippen molar-refractivity contribution in [2.45, 2.75) is 82.8 Å². The first-order valence-electron chi connectivity index (χ1n) is 17.1. The van der Waals surface area contributed by atoms with E-state index in [9.17, 15) is 9.65 Å². The van der Waals surface area contributed by atoms with Gasteiger partial charge in [-0.15, -0.1) is 0 Å². The second kappa shape index (κ2) is 15.8. The zero-order valence-electron chi connectivity index (χ0n) is 28.2. The number of carbonyl (C=O) groups excluding carboxylic acids is 1. The van der Waals surface area contributed by atoms with E-state index in [0.717, 1.165) is 29.5 Å². The number of urea groups is 1. The molecule has 0 saturated carbocycles. The summed E-state index contributed by atoms with van der Waals surface area (Å²) in [4.78, 5) is 18.9. The van der Waals surface area contributed by atoms with Gasteiger partial charge in [0.2, 0.25) is 0 Å². The second-order valence-electron chi connectivity index (χ2n) is 13.4. The van der Waals surface area contributed by atoms with Crippen LogP contribution in [0.15, 0.2) is 109 Å². The lowest BCUT2D eigenvalue weighted by Crippen LogP contribution is -2.52. The van der Waals surface area contributed by atoms with E-state index < -0.39 is 29.9 Å². The van der Waals surface area contributed by atoms with Crippen LogP contribution in [-0.2, 0) is 40.2 Å². The molecule has 2 aliphatic heterocycles. The minimum absolute atomic E-state index is 0.0480. The summed E-state index contributed by atoms with van der Waals surface area (Å²) >= 11 is 0. The zero-order valence-corrected chi connectivity index (χ0v) is 28.2. The van der Waals surface area contributed by atoms with Gasteiger partial charge in [-0.05, 0) is 73.9 Å². The third kappa shape index (κ3) is 8.55. The quantitative estimate of drug-likeness (QED) is 0.138. The molecule has 0 spiro atoms. The Hall–Kier alpha value is -4.55. The number of amides is 2. The summed E-state index contributed by atoms with van der Waals surface area (Å²) in [5.74, 6) is -1.45. The lowest BCUT2D eigenvalue weighted by molar-refractivity contribution is -0.157. The maximum absolute atomic E-state index is 15.0. The fourth-order valence-corrected chi connectivity index (χ4v) is 7.03. The highest BCUT2D eigenvalue weighted by atomic mass is 19.1. The van der Waals surface area contributed by atoms with Crippen LogP contribution in [0, 0.1) is 17.1 Å². The number of halogens is 1. The monoisotopic (exact) mass is 661 g/mol. The maximum atomic E-state index is 15.0. The molecule has 4 atom stereocenters. The first kappa shape index (κ1) is 34.3. The fourth-order valence-electron chi connectivity index (χ4n) is 7.03. The van der Waals surface area contributed by atoms with Gasteiger partial charge in [-0.3, -0.25) is 0 Å². The van der Waals surface area contributed by atoms with Gasteiger partial charge in [-0.25, -0.2) is 9.18 Å². The number of ether oxygens (including phenoxy) is 3. The van der Waals surface area contributed by atoms with Gasteiger partial charge in [0.25, 0.3) is 0 Å². The largest absolute Gasteiger partial charge is 0.377 e. The van der Waals surface area contributed by atoms with E-state index in [1.807, 2.05) is 96.4 Å². The Bertz CT molecular complexity index is 1710. The minimum atomic E-state index is -0.869. The van der Waals surface area contributed by atoms with Crippen LogP contribution in [0.2, 0.25) is 0 Å². The smallest absolute Gasteiger partial charge is 0.321 e. The number of hydrogen-bond donors (Lipinski definition) is 0. The molecule has 4 aromatic rings. The van der Waals surface area contributed by atoms with E-state index in [1.54, 1.807) is 6.07 Å². The molecule has 0 unspecified atom stereocenters. The van der Waals surface area contributed by atoms with Gasteiger partial charge >= 0.3 is 6.03 Å². The van der Waals surface area contributed by atoms with Crippen LogP contribution in [0.4, 0.5) is 9.18 Å². The van der Waals surface area contributed by atoms with Gasteiger partial charge in [0.05, 0.1) is 24.3 Å². The van der Waals surface area contributed by atoms with Gasteiger partial charge in [-0.1, -0.05) is 97.1 Å². The SMILES string of the molecule is CC1(C)O[C@@H]2[C@@H](O1)[C@@H](Cc1ccccc1)N(Cc1ccc(F)c(C#N)c1)C(=O)N(CCCCOCc1ccccc1)[C@@H]2Cc1ccccc1. The standard InChI is InChI=1S/C41H44FN3O4/c1-41(2)48-38-36(25-30-14-6-3-7-15-30)44(22-12-13-23-47-29-32-18-10-5-11-19-32)40(46)45(28-33-20-21-35(42)34(24-33)27-43)37(39(38)49-41)26-31-16-8-4-9-17-31/h3-11,14-21,24,36-39H,12-13,22-23,25-26,28-29H2,1-2H3/t36-,37-,38+,39+/m1/s1. The molecular formula is C41H44FN3O4. The number of nitriles is 1. The number of benzene rings is 4. The number of unbranched alkanes of at least 4 members (excludes halogenated alkanes) is 1. The highest BCUT2D eigenvalue weighted by Crippen LogP contribution is 2.40. The van der Waals surface area contributed by atoms with Crippen LogP contribution in [0.1, 0.15) is 54.5 Å².